The topological polar surface area (TPSA) is 47.3 Å². The number of amides is 1. The van der Waals surface area contributed by atoms with Gasteiger partial charge in [0.15, 0.2) is 0 Å². The first-order valence-corrected chi connectivity index (χ1v) is 9.05. The third kappa shape index (κ3) is 3.88. The number of benzene rings is 2. The Morgan fingerprint density at radius 3 is 2.33 bits per heavy atom. The number of carbonyl (C=O) groups excluding carboxylic acids is 1. The van der Waals surface area contributed by atoms with Crippen LogP contribution in [0.1, 0.15) is 22.3 Å². The largest absolute Gasteiger partial charge is 0.370 e. The molecule has 0 unspecified atom stereocenters. The van der Waals surface area contributed by atoms with Crippen LogP contribution >= 0.6 is 22.6 Å². The summed E-state index contributed by atoms with van der Waals surface area (Å²) < 4.78 is 1.13. The number of halogens is 1. The normalized spacial score (nSPS) is 14.8. The number of hydrogen-bond acceptors (Lipinski definition) is 3. The van der Waals surface area contributed by atoms with Crippen LogP contribution in [0, 0.1) is 14.9 Å². The van der Waals surface area contributed by atoms with Crippen molar-refractivity contribution in [2.24, 2.45) is 0 Å². The summed E-state index contributed by atoms with van der Waals surface area (Å²) in [5, 5.41) is 8.90. The summed E-state index contributed by atoms with van der Waals surface area (Å²) in [7, 11) is 0. The van der Waals surface area contributed by atoms with Gasteiger partial charge in [-0.05, 0) is 77.5 Å². The highest BCUT2D eigenvalue weighted by Gasteiger charge is 2.20. The molecule has 1 heterocycles. The average Bonchev–Trinajstić information content (AvgIpc) is 2.88. The fraction of sp³-hybridized carbons (Fsp3) is 0.263. The van der Waals surface area contributed by atoms with E-state index in [1.807, 2.05) is 53.4 Å². The van der Waals surface area contributed by atoms with E-state index in [-0.39, 0.29) is 5.91 Å². The van der Waals surface area contributed by atoms with Gasteiger partial charge in [0.1, 0.15) is 0 Å². The van der Waals surface area contributed by atoms with Crippen molar-refractivity contribution < 1.29 is 4.79 Å². The quantitative estimate of drug-likeness (QED) is 0.684. The second kappa shape index (κ2) is 7.67. The maximum absolute atomic E-state index is 12.7. The first-order valence-electron chi connectivity index (χ1n) is 7.97. The lowest BCUT2D eigenvalue weighted by Gasteiger charge is -2.24. The first-order chi connectivity index (χ1) is 11.7. The summed E-state index contributed by atoms with van der Waals surface area (Å²) in [5.41, 5.74) is 2.53. The van der Waals surface area contributed by atoms with E-state index in [2.05, 4.69) is 33.6 Å². The molecule has 0 bridgehead atoms. The summed E-state index contributed by atoms with van der Waals surface area (Å²) in [6.07, 6.45) is 0.941. The molecule has 0 atom stereocenters. The fourth-order valence-electron chi connectivity index (χ4n) is 2.90. The summed E-state index contributed by atoms with van der Waals surface area (Å²) in [4.78, 5) is 16.9. The minimum atomic E-state index is 0.105. The highest BCUT2D eigenvalue weighted by atomic mass is 127. The van der Waals surface area contributed by atoms with Gasteiger partial charge in [-0.25, -0.2) is 0 Å². The number of anilines is 1. The van der Waals surface area contributed by atoms with Crippen molar-refractivity contribution in [3.05, 3.63) is 63.2 Å². The van der Waals surface area contributed by atoms with Gasteiger partial charge in [-0.15, -0.1) is 0 Å². The molecule has 1 fully saturated rings. The molecule has 1 amide bonds. The molecule has 4 nitrogen and oxygen atoms in total. The maximum atomic E-state index is 12.7. The first kappa shape index (κ1) is 16.8. The van der Waals surface area contributed by atoms with E-state index in [1.165, 1.54) is 0 Å². The molecule has 0 radical (unpaired) electrons. The van der Waals surface area contributed by atoms with Crippen LogP contribution < -0.4 is 4.90 Å². The van der Waals surface area contributed by atoms with Crippen molar-refractivity contribution in [1.82, 2.24) is 4.90 Å². The van der Waals surface area contributed by atoms with Crippen molar-refractivity contribution in [2.45, 2.75) is 6.42 Å². The van der Waals surface area contributed by atoms with Crippen LogP contribution in [0.3, 0.4) is 0 Å². The Morgan fingerprint density at radius 2 is 1.67 bits per heavy atom. The zero-order valence-electron chi connectivity index (χ0n) is 13.3. The van der Waals surface area contributed by atoms with Crippen LogP contribution in [-0.2, 0) is 0 Å². The fourth-order valence-corrected chi connectivity index (χ4v) is 3.26. The molecule has 3 rings (SSSR count). The Morgan fingerprint density at radius 1 is 0.958 bits per heavy atom. The molecular formula is C19H18IN3O. The molecule has 1 saturated heterocycles. The molecule has 2 aromatic rings. The number of nitriles is 1. The Hall–Kier alpha value is -2.07. The van der Waals surface area contributed by atoms with Crippen molar-refractivity contribution >= 4 is 34.2 Å². The van der Waals surface area contributed by atoms with Crippen molar-refractivity contribution in [3.8, 4) is 6.07 Å². The number of hydrogen-bond donors (Lipinski definition) is 0. The highest BCUT2D eigenvalue weighted by Crippen LogP contribution is 2.18. The molecule has 0 aliphatic carbocycles. The minimum Gasteiger partial charge on any atom is -0.370 e. The van der Waals surface area contributed by atoms with Gasteiger partial charge >= 0.3 is 0 Å². The summed E-state index contributed by atoms with van der Waals surface area (Å²) in [6.45, 7) is 3.22. The van der Waals surface area contributed by atoms with E-state index in [1.54, 1.807) is 0 Å². The van der Waals surface area contributed by atoms with E-state index < -0.39 is 0 Å². The number of carbonyl (C=O) groups is 1. The third-order valence-electron chi connectivity index (χ3n) is 4.24. The lowest BCUT2D eigenvalue weighted by molar-refractivity contribution is 0.0767. The molecule has 0 spiro atoms. The van der Waals surface area contributed by atoms with Crippen LogP contribution in [0.4, 0.5) is 5.69 Å². The standard InChI is InChI=1S/C19H18IN3O/c20-17-6-4-16(5-7-17)19(24)23-11-1-10-22(12-13-23)18-8-2-15(14-21)3-9-18/h2-9H,1,10-13H2. The Bertz CT molecular complexity index is 750. The second-order valence-corrected chi connectivity index (χ2v) is 7.04. The monoisotopic (exact) mass is 431 g/mol. The smallest absolute Gasteiger partial charge is 0.253 e. The van der Waals surface area contributed by atoms with Gasteiger partial charge in [0.05, 0.1) is 11.6 Å². The van der Waals surface area contributed by atoms with Gasteiger partial charge in [-0.1, -0.05) is 0 Å². The molecule has 0 aromatic heterocycles. The lowest BCUT2D eigenvalue weighted by atomic mass is 10.2. The van der Waals surface area contributed by atoms with Crippen LogP contribution in [0.5, 0.6) is 0 Å². The molecular weight excluding hydrogens is 413 g/mol. The van der Waals surface area contributed by atoms with Crippen LogP contribution in [0.2, 0.25) is 0 Å². The van der Waals surface area contributed by atoms with Crippen molar-refractivity contribution in [2.75, 3.05) is 31.1 Å². The molecule has 24 heavy (non-hydrogen) atoms. The molecule has 2 aromatic carbocycles. The predicted molar refractivity (Wildman–Crippen MR) is 103 cm³/mol. The van der Waals surface area contributed by atoms with Crippen LogP contribution in [0.25, 0.3) is 0 Å². The molecule has 122 valence electrons. The molecule has 0 saturated carbocycles. The maximum Gasteiger partial charge on any atom is 0.253 e. The van der Waals surface area contributed by atoms with E-state index in [0.29, 0.717) is 12.1 Å². The van der Waals surface area contributed by atoms with E-state index in [9.17, 15) is 4.79 Å². The summed E-state index contributed by atoms with van der Waals surface area (Å²) in [6, 6.07) is 17.5. The van der Waals surface area contributed by atoms with Gasteiger partial charge < -0.3 is 9.80 Å². The number of rotatable bonds is 2. The van der Waals surface area contributed by atoms with Crippen molar-refractivity contribution in [3.63, 3.8) is 0 Å². The van der Waals surface area contributed by atoms with Crippen LogP contribution in [-0.4, -0.2) is 37.0 Å². The molecule has 5 heteroatoms. The van der Waals surface area contributed by atoms with E-state index in [4.69, 9.17) is 5.26 Å². The van der Waals surface area contributed by atoms with Gasteiger partial charge in [-0.3, -0.25) is 4.79 Å². The lowest BCUT2D eigenvalue weighted by Crippen LogP contribution is -2.35. The van der Waals surface area contributed by atoms with Gasteiger partial charge in [-0.2, -0.15) is 5.26 Å². The zero-order chi connectivity index (χ0) is 16.9. The van der Waals surface area contributed by atoms with E-state index >= 15 is 0 Å². The summed E-state index contributed by atoms with van der Waals surface area (Å²) >= 11 is 2.24. The second-order valence-electron chi connectivity index (χ2n) is 5.80. The highest BCUT2D eigenvalue weighted by molar-refractivity contribution is 14.1. The van der Waals surface area contributed by atoms with Gasteiger partial charge in [0.25, 0.3) is 5.91 Å². The summed E-state index contributed by atoms with van der Waals surface area (Å²) in [5.74, 6) is 0.105. The Kier molecular flexibility index (Phi) is 5.36. The van der Waals surface area contributed by atoms with Crippen LogP contribution in [0.15, 0.2) is 48.5 Å². The average molecular weight is 431 g/mol. The Balaban J connectivity index is 1.67. The number of nitrogens with zero attached hydrogens (tertiary/aromatic N) is 3. The van der Waals surface area contributed by atoms with E-state index in [0.717, 1.165) is 40.9 Å². The Labute approximate surface area is 155 Å². The van der Waals surface area contributed by atoms with Gasteiger partial charge in [0, 0.05) is 41.0 Å². The van der Waals surface area contributed by atoms with Gasteiger partial charge in [0.2, 0.25) is 0 Å². The molecule has 0 N–H and O–H groups in total. The predicted octanol–water partition coefficient (Wildman–Crippen LogP) is 3.52. The SMILES string of the molecule is N#Cc1ccc(N2CCCN(C(=O)c3ccc(I)cc3)CC2)cc1. The molecule has 1 aliphatic rings. The third-order valence-corrected chi connectivity index (χ3v) is 4.96. The minimum absolute atomic E-state index is 0.105. The molecule has 1 aliphatic heterocycles. The zero-order valence-corrected chi connectivity index (χ0v) is 15.4. The van der Waals surface area contributed by atoms with Crippen molar-refractivity contribution in [1.29, 1.82) is 5.26 Å².